The maximum atomic E-state index is 13.0. The van der Waals surface area contributed by atoms with Crippen LogP contribution in [0.25, 0.3) is 27.1 Å². The normalized spacial score (nSPS) is 19.1. The van der Waals surface area contributed by atoms with Crippen molar-refractivity contribution in [3.05, 3.63) is 119 Å². The monoisotopic (exact) mass is 1370 g/mol. The Bertz CT molecular complexity index is 4610. The summed E-state index contributed by atoms with van der Waals surface area (Å²) in [5.74, 6) is -3.64. The topological polar surface area (TPSA) is 427 Å². The number of carbonyl (C=O) groups is 3. The lowest BCUT2D eigenvalue weighted by Crippen LogP contribution is -2.33. The minimum absolute atomic E-state index is 0.00809. The fraction of sp³-hybridized carbons (Fsp3) is 0.357. The van der Waals surface area contributed by atoms with Crippen LogP contribution in [0.15, 0.2) is 122 Å². The number of imide groups is 1. The third-order valence-electron chi connectivity index (χ3n) is 15.6. The third-order valence-corrected chi connectivity index (χ3v) is 20.7. The number of carbonyl (C=O) groups excluding carboxylic acids is 3. The number of amides is 2. The Morgan fingerprint density at radius 3 is 1.76 bits per heavy atom. The third kappa shape index (κ3) is 15.0. The number of hydrogen-bond donors (Lipinski definition) is 5. The average Bonchev–Trinajstić information content (AvgIpc) is 1.51. The zero-order valence-corrected chi connectivity index (χ0v) is 53.2. The van der Waals surface area contributed by atoms with Gasteiger partial charge in [0.1, 0.15) is 32.2 Å². The summed E-state index contributed by atoms with van der Waals surface area (Å²) >= 11 is 0. The van der Waals surface area contributed by atoms with E-state index in [-0.39, 0.29) is 121 Å². The number of anilines is 1. The minimum atomic E-state index is -5.43. The van der Waals surface area contributed by atoms with Crippen LogP contribution in [-0.2, 0) is 100 Å². The molecular formula is C56H61N3O25S6. The lowest BCUT2D eigenvalue weighted by molar-refractivity contribution is -0.437. The fourth-order valence-electron chi connectivity index (χ4n) is 11.5. The Balaban J connectivity index is 1.38. The van der Waals surface area contributed by atoms with Gasteiger partial charge in [0.15, 0.2) is 5.71 Å². The van der Waals surface area contributed by atoms with Gasteiger partial charge < -0.3 is 28.5 Å². The quantitative estimate of drug-likeness (QED) is 0.0193. The highest BCUT2D eigenvalue weighted by Crippen LogP contribution is 2.54. The Morgan fingerprint density at radius 1 is 0.656 bits per heavy atom. The number of benzene rings is 5. The van der Waals surface area contributed by atoms with Gasteiger partial charge in [0.05, 0.1) is 39.7 Å². The van der Waals surface area contributed by atoms with Crippen molar-refractivity contribution in [3.63, 3.8) is 0 Å². The van der Waals surface area contributed by atoms with Crippen LogP contribution in [0.1, 0.15) is 75.5 Å². The minimum Gasteiger partial charge on any atom is -0.744 e. The van der Waals surface area contributed by atoms with Crippen molar-refractivity contribution >= 4 is 123 Å². The summed E-state index contributed by atoms with van der Waals surface area (Å²) in [6.45, 7) is 2.61. The van der Waals surface area contributed by atoms with Crippen LogP contribution in [0, 0.1) is 0 Å². The Labute approximate surface area is 518 Å². The lowest BCUT2D eigenvalue weighted by Gasteiger charge is -2.31. The maximum absolute atomic E-state index is 13.0. The number of rotatable bonds is 27. The first-order valence-electron chi connectivity index (χ1n) is 27.1. The van der Waals surface area contributed by atoms with Crippen LogP contribution in [0.5, 0.6) is 5.75 Å². The van der Waals surface area contributed by atoms with Crippen LogP contribution in [0.4, 0.5) is 11.4 Å². The van der Waals surface area contributed by atoms with E-state index in [9.17, 15) is 92.2 Å². The molecule has 90 heavy (non-hydrogen) atoms. The molecule has 5 aromatic carbocycles. The number of hydroxylamine groups is 2. The van der Waals surface area contributed by atoms with E-state index >= 15 is 0 Å². The molecule has 3 aliphatic heterocycles. The van der Waals surface area contributed by atoms with Crippen molar-refractivity contribution in [2.75, 3.05) is 63.5 Å². The second kappa shape index (κ2) is 26.0. The molecule has 2 amide bonds. The summed E-state index contributed by atoms with van der Waals surface area (Å²) in [5.41, 5.74) is -0.577. The first-order chi connectivity index (χ1) is 41.8. The van der Waals surface area contributed by atoms with Crippen LogP contribution in [0.3, 0.4) is 0 Å². The van der Waals surface area contributed by atoms with E-state index in [2.05, 4.69) is 0 Å². The first-order valence-corrected chi connectivity index (χ1v) is 36.1. The van der Waals surface area contributed by atoms with Gasteiger partial charge in [-0.05, 0) is 121 Å². The van der Waals surface area contributed by atoms with Crippen molar-refractivity contribution in [1.29, 1.82) is 0 Å². The van der Waals surface area contributed by atoms with Crippen molar-refractivity contribution in [2.45, 2.75) is 89.2 Å². The molecular weight excluding hydrogens is 1310 g/mol. The second-order valence-electron chi connectivity index (χ2n) is 21.6. The summed E-state index contributed by atoms with van der Waals surface area (Å²) < 4.78 is 234. The predicted molar refractivity (Wildman–Crippen MR) is 321 cm³/mol. The first kappa shape index (κ1) is 69.0. The van der Waals surface area contributed by atoms with E-state index in [0.717, 1.165) is 12.1 Å². The van der Waals surface area contributed by atoms with E-state index in [1.807, 2.05) is 0 Å². The van der Waals surface area contributed by atoms with E-state index in [1.165, 1.54) is 50.6 Å². The van der Waals surface area contributed by atoms with Crippen LogP contribution in [0.2, 0.25) is 0 Å². The molecule has 486 valence electrons. The van der Waals surface area contributed by atoms with Crippen molar-refractivity contribution in [2.24, 2.45) is 0 Å². The van der Waals surface area contributed by atoms with Gasteiger partial charge in [-0.15, -0.1) is 5.06 Å². The van der Waals surface area contributed by atoms with Gasteiger partial charge in [0.25, 0.3) is 62.4 Å². The second-order valence-corrected chi connectivity index (χ2v) is 30.3. The number of ether oxygens (including phenoxy) is 3. The highest BCUT2D eigenvalue weighted by Gasteiger charge is 2.50. The van der Waals surface area contributed by atoms with Gasteiger partial charge in [0, 0.05) is 98.5 Å². The molecule has 0 saturated carbocycles. The summed E-state index contributed by atoms with van der Waals surface area (Å²) in [5, 5.41) is -0.196. The maximum Gasteiger partial charge on any atom is 0.336 e. The summed E-state index contributed by atoms with van der Waals surface area (Å²) in [6, 6.07) is 14.7. The largest absolute Gasteiger partial charge is 0.744 e. The molecule has 1 fully saturated rings. The molecule has 2 atom stereocenters. The number of methoxy groups -OCH3 is 2. The van der Waals surface area contributed by atoms with Gasteiger partial charge in [-0.3, -0.25) is 32.4 Å². The van der Waals surface area contributed by atoms with Gasteiger partial charge in [-0.1, -0.05) is 24.3 Å². The fourth-order valence-corrected chi connectivity index (χ4v) is 15.2. The molecule has 0 aromatic heterocycles. The molecule has 5 aromatic rings. The molecule has 3 aliphatic rings. The van der Waals surface area contributed by atoms with Crippen LogP contribution in [-0.4, -0.2) is 170 Å². The standard InChI is InChI=1S/C56H61N3O25S6/c1-55(22-27-81-3)48(57(24-5-29-85(63,64)65)44-15-13-40-42(53(44)55)31-38(87(69,70)71)33-46(40)89(75,76)77)17-9-36(35-7-11-37(12-8-35)83-26-21-52(62)84-59-50(60)19-20-51(59)61)10-18-49-56(2,23-28-82-4)54-43-32-39(88(72,73)74)34-47(90(78,79)80)41(43)14-16-45(54)58(49)25-6-30-86(66,67)68/h7-18,31-34H,5-6,19-30H2,1-4H3,(H5-,63,64,65,66,67,68,69,70,71,72,73,74,75,76,77,78,79,80). The average molecular weight is 1370 g/mol. The number of allylic oxidation sites excluding steroid dienone is 6. The van der Waals surface area contributed by atoms with Gasteiger partial charge >= 0.3 is 5.97 Å². The Hall–Kier alpha value is -6.90. The van der Waals surface area contributed by atoms with E-state index in [0.29, 0.717) is 39.7 Å². The molecule has 1 saturated heterocycles. The van der Waals surface area contributed by atoms with Crippen LogP contribution >= 0.6 is 0 Å². The van der Waals surface area contributed by atoms with Crippen molar-refractivity contribution in [3.8, 4) is 5.75 Å². The number of hydrogen-bond acceptors (Lipinski definition) is 21. The summed E-state index contributed by atoms with van der Waals surface area (Å²) in [4.78, 5) is 39.6. The number of fused-ring (bicyclic) bond motifs is 6. The van der Waals surface area contributed by atoms with Gasteiger partial charge in [-0.2, -0.15) is 46.7 Å². The molecule has 0 radical (unpaired) electrons. The molecule has 0 spiro atoms. The predicted octanol–water partition coefficient (Wildman–Crippen LogP) is 5.30. The Kier molecular flexibility index (Phi) is 19.9. The van der Waals surface area contributed by atoms with Gasteiger partial charge in [0.2, 0.25) is 5.69 Å². The molecule has 28 nitrogen and oxygen atoms in total. The Morgan fingerprint density at radius 2 is 1.20 bits per heavy atom. The van der Waals surface area contributed by atoms with Crippen molar-refractivity contribution in [1.82, 2.24) is 5.06 Å². The van der Waals surface area contributed by atoms with Crippen LogP contribution < -0.4 is 9.64 Å². The smallest absolute Gasteiger partial charge is 0.336 e. The summed E-state index contributed by atoms with van der Waals surface area (Å²) in [7, 11) is -27.5. The van der Waals surface area contributed by atoms with E-state index < -0.39 is 127 Å². The lowest BCUT2D eigenvalue weighted by atomic mass is 9.74. The highest BCUT2D eigenvalue weighted by atomic mass is 32.2. The molecule has 2 unspecified atom stereocenters. The molecule has 3 heterocycles. The molecule has 5 N–H and O–H groups in total. The van der Waals surface area contributed by atoms with E-state index in [4.69, 9.17) is 19.0 Å². The summed E-state index contributed by atoms with van der Waals surface area (Å²) in [6.07, 6.45) is 5.27. The SMILES string of the molecule is COCCC1(C)C(/C=C/C(=C/C=C2/N(CCCS(=O)(=O)O)c3ccc4c(S(=O)(=O)O)cc(S(=O)(=O)[O-])cc4c3C2(C)CCOC)c2ccc(OCCC(=O)ON3C(=O)CCC3=O)cc2)=[N+](CCCS(=O)(=O)O)c2ccc3c(S(=O)(=O)O)cc(S(=O)(=O)O)cc3c21. The van der Waals surface area contributed by atoms with E-state index in [1.54, 1.807) is 59.8 Å². The molecule has 34 heteroatoms. The number of nitrogens with zero attached hydrogens (tertiary/aromatic N) is 3. The zero-order valence-electron chi connectivity index (χ0n) is 48.3. The molecule has 8 rings (SSSR count). The molecule has 0 bridgehead atoms. The van der Waals surface area contributed by atoms with Gasteiger partial charge in [-0.25, -0.2) is 13.2 Å². The van der Waals surface area contributed by atoms with Crippen molar-refractivity contribution < 1.29 is 116 Å². The molecule has 0 aliphatic carbocycles. The highest BCUT2D eigenvalue weighted by molar-refractivity contribution is 7.87. The zero-order chi connectivity index (χ0) is 66.3.